The summed E-state index contributed by atoms with van der Waals surface area (Å²) in [4.78, 5) is 27.7. The molecule has 0 radical (unpaired) electrons. The summed E-state index contributed by atoms with van der Waals surface area (Å²) in [6, 6.07) is 61.8. The summed E-state index contributed by atoms with van der Waals surface area (Å²) < 4.78 is 6.39. The summed E-state index contributed by atoms with van der Waals surface area (Å²) >= 11 is 0. The van der Waals surface area contributed by atoms with Crippen LogP contribution in [-0.2, 0) is 0 Å². The smallest absolute Gasteiger partial charge is 0.271 e. The number of hydrogen-bond donors (Lipinski definition) is 0. The molecular formula is C53H32N6O4. The minimum absolute atomic E-state index is 0.0469. The second kappa shape index (κ2) is 13.8. The van der Waals surface area contributed by atoms with Crippen LogP contribution >= 0.6 is 0 Å². The first-order chi connectivity index (χ1) is 30.9. The molecule has 0 N–H and O–H groups in total. The largest absolute Gasteiger partial charge is 0.309 e. The first-order valence-corrected chi connectivity index (χ1v) is 20.5. The van der Waals surface area contributed by atoms with Crippen LogP contribution in [0.3, 0.4) is 0 Å². The van der Waals surface area contributed by atoms with Crippen LogP contribution in [0.25, 0.3) is 105 Å². The lowest BCUT2D eigenvalue weighted by Crippen LogP contribution is -1.97. The summed E-state index contributed by atoms with van der Waals surface area (Å²) in [6.07, 6.45) is 1.92. The highest BCUT2D eigenvalue weighted by atomic mass is 16.6. The molecule has 0 saturated carbocycles. The highest BCUT2D eigenvalue weighted by Crippen LogP contribution is 2.40. The maximum absolute atomic E-state index is 11.7. The third kappa shape index (κ3) is 5.62. The van der Waals surface area contributed by atoms with Crippen molar-refractivity contribution in [2.45, 2.75) is 0 Å². The number of pyridine rings is 1. The van der Waals surface area contributed by atoms with Crippen LogP contribution in [0.1, 0.15) is 0 Å². The van der Waals surface area contributed by atoms with E-state index in [0.717, 1.165) is 105 Å². The van der Waals surface area contributed by atoms with Crippen molar-refractivity contribution in [1.82, 2.24) is 18.7 Å². The highest BCUT2D eigenvalue weighted by Gasteiger charge is 2.19. The fourth-order valence-electron chi connectivity index (χ4n) is 9.44. The summed E-state index contributed by atoms with van der Waals surface area (Å²) in [6.45, 7) is 0. The summed E-state index contributed by atoms with van der Waals surface area (Å²) in [5.74, 6) is 0.802. The van der Waals surface area contributed by atoms with Crippen molar-refractivity contribution in [1.29, 1.82) is 0 Å². The standard InChI is InChI=1S/C53H32N6O4/c60-58(61)39-11-7-9-37(30-39)55-47-16-4-1-13-41(47)44-27-33(19-23-50(44)55)34-20-25-52-46(28-34)43-15-3-6-18-49(43)57(52)53-26-22-36(32-54-53)35-21-24-51-45(29-35)42-14-2-5-17-48(42)56(51)38-10-8-12-40(31-38)59(62)63/h1-32H. The minimum Gasteiger partial charge on any atom is -0.309 e. The van der Waals surface area contributed by atoms with Gasteiger partial charge in [-0.25, -0.2) is 4.98 Å². The molecule has 0 aliphatic heterocycles. The van der Waals surface area contributed by atoms with Gasteiger partial charge in [-0.2, -0.15) is 0 Å². The van der Waals surface area contributed by atoms with Gasteiger partial charge in [-0.05, 0) is 95.6 Å². The average molecular weight is 817 g/mol. The molecule has 0 aliphatic rings. The van der Waals surface area contributed by atoms with Crippen LogP contribution in [0.2, 0.25) is 0 Å². The number of benzene rings is 8. The Hall–Kier alpha value is -8.89. The number of nitro groups is 2. The van der Waals surface area contributed by atoms with Gasteiger partial charge >= 0.3 is 0 Å². The van der Waals surface area contributed by atoms with Crippen molar-refractivity contribution in [2.75, 3.05) is 0 Å². The molecular weight excluding hydrogens is 785 g/mol. The molecule has 0 saturated heterocycles. The molecule has 12 aromatic rings. The predicted octanol–water partition coefficient (Wildman–Crippen LogP) is 13.5. The third-order valence-electron chi connectivity index (χ3n) is 12.3. The quantitative estimate of drug-likeness (QED) is 0.117. The molecule has 10 heteroatoms. The monoisotopic (exact) mass is 816 g/mol. The number of hydrogen-bond acceptors (Lipinski definition) is 5. The molecule has 63 heavy (non-hydrogen) atoms. The van der Waals surface area contributed by atoms with Gasteiger partial charge in [-0.1, -0.05) is 84.9 Å². The molecule has 0 amide bonds. The number of aromatic nitrogens is 4. The Morgan fingerprint density at radius 3 is 1.16 bits per heavy atom. The number of non-ortho nitro benzene ring substituents is 2. The molecule has 12 rings (SSSR count). The second-order valence-corrected chi connectivity index (χ2v) is 15.7. The van der Waals surface area contributed by atoms with E-state index in [4.69, 9.17) is 4.98 Å². The van der Waals surface area contributed by atoms with Crippen LogP contribution in [-0.4, -0.2) is 28.5 Å². The Kier molecular flexibility index (Phi) is 7.90. The molecule has 298 valence electrons. The van der Waals surface area contributed by atoms with E-state index in [9.17, 15) is 20.2 Å². The minimum atomic E-state index is -0.363. The fraction of sp³-hybridized carbons (Fsp3) is 0. The van der Waals surface area contributed by atoms with E-state index in [1.54, 1.807) is 24.3 Å². The lowest BCUT2D eigenvalue weighted by atomic mass is 10.0. The number of rotatable bonds is 7. The first-order valence-electron chi connectivity index (χ1n) is 20.5. The molecule has 10 nitrogen and oxygen atoms in total. The number of fused-ring (bicyclic) bond motifs is 9. The summed E-state index contributed by atoms with van der Waals surface area (Å²) in [5, 5.41) is 29.8. The molecule has 4 heterocycles. The maximum Gasteiger partial charge on any atom is 0.271 e. The van der Waals surface area contributed by atoms with Crippen LogP contribution in [0.15, 0.2) is 194 Å². The van der Waals surface area contributed by atoms with Gasteiger partial charge in [0.15, 0.2) is 0 Å². The molecule has 0 unspecified atom stereocenters. The van der Waals surface area contributed by atoms with Gasteiger partial charge in [0.25, 0.3) is 11.4 Å². The lowest BCUT2D eigenvalue weighted by molar-refractivity contribution is -0.385. The van der Waals surface area contributed by atoms with Crippen LogP contribution in [0.5, 0.6) is 0 Å². The predicted molar refractivity (Wildman–Crippen MR) is 251 cm³/mol. The van der Waals surface area contributed by atoms with Crippen molar-refractivity contribution in [3.63, 3.8) is 0 Å². The number of para-hydroxylation sites is 3. The molecule has 8 aromatic carbocycles. The summed E-state index contributed by atoms with van der Waals surface area (Å²) in [7, 11) is 0. The second-order valence-electron chi connectivity index (χ2n) is 15.7. The Morgan fingerprint density at radius 2 is 0.730 bits per heavy atom. The van der Waals surface area contributed by atoms with E-state index >= 15 is 0 Å². The summed E-state index contributed by atoms with van der Waals surface area (Å²) in [5.41, 5.74) is 11.7. The molecule has 0 bridgehead atoms. The van der Waals surface area contributed by atoms with Gasteiger partial charge in [0.1, 0.15) is 5.82 Å². The fourth-order valence-corrected chi connectivity index (χ4v) is 9.44. The Balaban J connectivity index is 0.932. The average Bonchev–Trinajstić information content (AvgIpc) is 3.96. The zero-order chi connectivity index (χ0) is 42.3. The SMILES string of the molecule is O=[N+]([O-])c1cccc(-n2c3ccccc3c3cc(-c4ccc(-n5c6ccccc6c6cc(-c7ccc8c(c7)c7ccccc7n8-c7cccc([N+](=O)[O-])c7)ccc65)nc4)ccc32)c1. The molecule has 0 aliphatic carbocycles. The molecule has 0 spiro atoms. The molecule has 0 atom stereocenters. The maximum atomic E-state index is 11.7. The van der Waals surface area contributed by atoms with Crippen LogP contribution in [0.4, 0.5) is 11.4 Å². The van der Waals surface area contributed by atoms with Gasteiger partial charge in [0.05, 0.1) is 54.3 Å². The van der Waals surface area contributed by atoms with Gasteiger partial charge in [-0.15, -0.1) is 0 Å². The van der Waals surface area contributed by atoms with Crippen molar-refractivity contribution >= 4 is 76.8 Å². The van der Waals surface area contributed by atoms with E-state index in [0.29, 0.717) is 0 Å². The molecule has 4 aromatic heterocycles. The Bertz CT molecular complexity index is 3880. The van der Waals surface area contributed by atoms with Crippen LogP contribution in [0, 0.1) is 20.2 Å². The van der Waals surface area contributed by atoms with Crippen LogP contribution < -0.4 is 0 Å². The zero-order valence-corrected chi connectivity index (χ0v) is 33.3. The van der Waals surface area contributed by atoms with E-state index in [1.807, 2.05) is 48.7 Å². The normalized spacial score (nSPS) is 11.7. The van der Waals surface area contributed by atoms with Crippen molar-refractivity contribution in [3.8, 4) is 39.4 Å². The van der Waals surface area contributed by atoms with Crippen molar-refractivity contribution < 1.29 is 9.85 Å². The highest BCUT2D eigenvalue weighted by molar-refractivity contribution is 6.13. The topological polar surface area (TPSA) is 114 Å². The first kappa shape index (κ1) is 36.0. The third-order valence-corrected chi connectivity index (χ3v) is 12.3. The van der Waals surface area contributed by atoms with Gasteiger partial charge in [0, 0.05) is 68.3 Å². The van der Waals surface area contributed by atoms with E-state index in [2.05, 4.69) is 123 Å². The van der Waals surface area contributed by atoms with E-state index in [1.165, 1.54) is 12.1 Å². The molecule has 0 fully saturated rings. The Labute approximate surface area is 358 Å². The van der Waals surface area contributed by atoms with Gasteiger partial charge in [0.2, 0.25) is 0 Å². The lowest BCUT2D eigenvalue weighted by Gasteiger charge is -2.10. The van der Waals surface area contributed by atoms with Gasteiger partial charge < -0.3 is 9.13 Å². The zero-order valence-electron chi connectivity index (χ0n) is 33.3. The van der Waals surface area contributed by atoms with E-state index < -0.39 is 0 Å². The number of nitro benzene ring substituents is 2. The van der Waals surface area contributed by atoms with Crippen molar-refractivity contribution in [2.24, 2.45) is 0 Å². The number of nitrogens with zero attached hydrogens (tertiary/aromatic N) is 6. The Morgan fingerprint density at radius 1 is 0.349 bits per heavy atom. The van der Waals surface area contributed by atoms with Gasteiger partial charge in [-0.3, -0.25) is 24.8 Å². The van der Waals surface area contributed by atoms with Crippen molar-refractivity contribution in [3.05, 3.63) is 214 Å². The van der Waals surface area contributed by atoms with E-state index in [-0.39, 0.29) is 21.2 Å².